The van der Waals surface area contributed by atoms with Crippen molar-refractivity contribution in [1.82, 2.24) is 5.32 Å². The highest BCUT2D eigenvalue weighted by molar-refractivity contribution is 5.14. The van der Waals surface area contributed by atoms with Gasteiger partial charge >= 0.3 is 0 Å². The molecule has 0 spiro atoms. The maximum absolute atomic E-state index is 6.06. The zero-order valence-corrected chi connectivity index (χ0v) is 24.5. The highest BCUT2D eigenvalue weighted by Crippen LogP contribution is 2.47. The summed E-state index contributed by atoms with van der Waals surface area (Å²) in [6, 6.07) is 10.6. The second-order valence-corrected chi connectivity index (χ2v) is 10.6. The average Bonchev–Trinajstić information content (AvgIpc) is 2.91. The van der Waals surface area contributed by atoms with Crippen molar-refractivity contribution in [2.24, 2.45) is 5.41 Å². The molecule has 0 bridgehead atoms. The molecule has 1 unspecified atom stereocenters. The van der Waals surface area contributed by atoms with E-state index < -0.39 is 5.97 Å². The van der Waals surface area contributed by atoms with Crippen LogP contribution in [0.2, 0.25) is 0 Å². The summed E-state index contributed by atoms with van der Waals surface area (Å²) < 4.78 is 18.2. The lowest BCUT2D eigenvalue weighted by atomic mass is 9.72. The normalized spacial score (nSPS) is 13.7. The van der Waals surface area contributed by atoms with E-state index in [0.29, 0.717) is 0 Å². The van der Waals surface area contributed by atoms with Crippen LogP contribution in [0, 0.1) is 5.41 Å². The first-order chi connectivity index (χ1) is 17.6. The minimum atomic E-state index is -1.01. The number of hydrogen-bond donors (Lipinski definition) is 1. The van der Waals surface area contributed by atoms with E-state index in [2.05, 4.69) is 49.5 Å². The summed E-state index contributed by atoms with van der Waals surface area (Å²) in [6.45, 7) is 6.36. The van der Waals surface area contributed by atoms with Gasteiger partial charge in [0.15, 0.2) is 0 Å². The van der Waals surface area contributed by atoms with E-state index in [4.69, 9.17) is 14.2 Å². The van der Waals surface area contributed by atoms with E-state index in [1.165, 1.54) is 95.5 Å². The van der Waals surface area contributed by atoms with Crippen molar-refractivity contribution in [3.8, 4) is 0 Å². The molecule has 210 valence electrons. The first-order valence-electron chi connectivity index (χ1n) is 15.0. The van der Waals surface area contributed by atoms with Crippen LogP contribution < -0.4 is 5.32 Å². The molecular formula is C32H59NO3. The Morgan fingerprint density at radius 2 is 1.03 bits per heavy atom. The van der Waals surface area contributed by atoms with Crippen LogP contribution in [-0.2, 0) is 20.8 Å². The van der Waals surface area contributed by atoms with Gasteiger partial charge in [-0.15, -0.1) is 0 Å². The Balaban J connectivity index is 2.84. The van der Waals surface area contributed by atoms with Gasteiger partial charge in [-0.2, -0.15) is 0 Å². The largest absolute Gasteiger partial charge is 0.330 e. The molecule has 0 radical (unpaired) electrons. The van der Waals surface area contributed by atoms with Crippen molar-refractivity contribution in [1.29, 1.82) is 0 Å². The van der Waals surface area contributed by atoms with E-state index in [-0.39, 0.29) is 5.41 Å². The van der Waals surface area contributed by atoms with Gasteiger partial charge in [0.05, 0.1) is 5.41 Å². The van der Waals surface area contributed by atoms with Crippen LogP contribution in [0.3, 0.4) is 0 Å². The molecule has 0 heterocycles. The second kappa shape index (κ2) is 21.0. The van der Waals surface area contributed by atoms with Gasteiger partial charge in [0.2, 0.25) is 0 Å². The van der Waals surface area contributed by atoms with Crippen molar-refractivity contribution in [3.63, 3.8) is 0 Å². The van der Waals surface area contributed by atoms with Gasteiger partial charge in [0, 0.05) is 27.9 Å². The molecule has 1 aromatic rings. The minimum absolute atomic E-state index is 0.179. The number of benzene rings is 1. The molecule has 0 amide bonds. The van der Waals surface area contributed by atoms with Gasteiger partial charge in [-0.25, -0.2) is 0 Å². The van der Waals surface area contributed by atoms with Gasteiger partial charge in [-0.3, -0.25) is 0 Å². The molecular weight excluding hydrogens is 446 g/mol. The standard InChI is InChI=1S/C32H59NO3/c1-6-8-10-12-14-15-17-22-26-31(32(34-3,35-4)36-5,25-21-16-13-11-9-7-2)27-28-33-29-30-23-19-18-20-24-30/h18-20,23-24,33H,6-17,21-22,25-29H2,1-5H3. The number of rotatable bonds is 25. The minimum Gasteiger partial charge on any atom is -0.330 e. The van der Waals surface area contributed by atoms with Gasteiger partial charge in [-0.1, -0.05) is 134 Å². The van der Waals surface area contributed by atoms with E-state index >= 15 is 0 Å². The predicted molar refractivity (Wildman–Crippen MR) is 154 cm³/mol. The molecule has 1 rings (SSSR count). The van der Waals surface area contributed by atoms with Crippen molar-refractivity contribution >= 4 is 0 Å². The molecule has 4 heteroatoms. The average molecular weight is 506 g/mol. The van der Waals surface area contributed by atoms with Gasteiger partial charge < -0.3 is 19.5 Å². The highest BCUT2D eigenvalue weighted by atomic mass is 16.9. The molecule has 4 nitrogen and oxygen atoms in total. The number of methoxy groups -OCH3 is 3. The Morgan fingerprint density at radius 3 is 1.47 bits per heavy atom. The summed E-state index contributed by atoms with van der Waals surface area (Å²) in [6.07, 6.45) is 21.4. The fourth-order valence-electron chi connectivity index (χ4n) is 5.73. The zero-order valence-electron chi connectivity index (χ0n) is 24.5. The first-order valence-corrected chi connectivity index (χ1v) is 15.0. The van der Waals surface area contributed by atoms with E-state index in [9.17, 15) is 0 Å². The molecule has 0 saturated carbocycles. The van der Waals surface area contributed by atoms with Gasteiger partial charge in [0.1, 0.15) is 0 Å². The molecule has 0 fully saturated rings. The summed E-state index contributed by atoms with van der Waals surface area (Å²) in [4.78, 5) is 0. The molecule has 0 aliphatic heterocycles. The lowest BCUT2D eigenvalue weighted by Crippen LogP contribution is -2.54. The maximum Gasteiger partial charge on any atom is 0.288 e. The third kappa shape index (κ3) is 12.1. The Kier molecular flexibility index (Phi) is 19.3. The Bertz CT molecular complexity index is 596. The van der Waals surface area contributed by atoms with Crippen molar-refractivity contribution in [3.05, 3.63) is 35.9 Å². The summed E-state index contributed by atoms with van der Waals surface area (Å²) in [5, 5.41) is 3.68. The number of hydrogen-bond acceptors (Lipinski definition) is 4. The molecule has 0 aliphatic rings. The monoisotopic (exact) mass is 505 g/mol. The van der Waals surface area contributed by atoms with E-state index in [0.717, 1.165) is 32.4 Å². The molecule has 0 aromatic heterocycles. The third-order valence-corrected chi connectivity index (χ3v) is 7.93. The third-order valence-electron chi connectivity index (χ3n) is 7.93. The van der Waals surface area contributed by atoms with Crippen LogP contribution in [0.15, 0.2) is 30.3 Å². The van der Waals surface area contributed by atoms with Crippen molar-refractivity contribution < 1.29 is 14.2 Å². The van der Waals surface area contributed by atoms with Crippen LogP contribution in [-0.4, -0.2) is 33.8 Å². The topological polar surface area (TPSA) is 39.7 Å². The van der Waals surface area contributed by atoms with Crippen molar-refractivity contribution in [2.45, 2.75) is 136 Å². The van der Waals surface area contributed by atoms with E-state index in [1.807, 2.05) is 0 Å². The fourth-order valence-corrected chi connectivity index (χ4v) is 5.73. The Morgan fingerprint density at radius 1 is 0.583 bits per heavy atom. The van der Waals surface area contributed by atoms with Crippen LogP contribution in [0.4, 0.5) is 0 Å². The van der Waals surface area contributed by atoms with Crippen LogP contribution in [0.5, 0.6) is 0 Å². The molecule has 1 aromatic carbocycles. The lowest BCUT2D eigenvalue weighted by Gasteiger charge is -2.47. The smallest absolute Gasteiger partial charge is 0.288 e. The Hall–Kier alpha value is -0.940. The summed E-state index contributed by atoms with van der Waals surface area (Å²) in [5.41, 5.74) is 1.14. The van der Waals surface area contributed by atoms with Gasteiger partial charge in [-0.05, 0) is 31.4 Å². The summed E-state index contributed by atoms with van der Waals surface area (Å²) in [5.74, 6) is -1.01. The predicted octanol–water partition coefficient (Wildman–Crippen LogP) is 9.03. The number of ether oxygens (including phenoxy) is 3. The quantitative estimate of drug-likeness (QED) is 0.106. The number of unbranched alkanes of at least 4 members (excludes halogenated alkanes) is 12. The lowest BCUT2D eigenvalue weighted by molar-refractivity contribution is -0.411. The Labute approximate surface area is 224 Å². The fraction of sp³-hybridized carbons (Fsp3) is 0.812. The molecule has 0 saturated heterocycles. The van der Waals surface area contributed by atoms with Gasteiger partial charge in [0.25, 0.3) is 5.97 Å². The zero-order chi connectivity index (χ0) is 26.4. The molecule has 1 N–H and O–H groups in total. The second-order valence-electron chi connectivity index (χ2n) is 10.6. The summed E-state index contributed by atoms with van der Waals surface area (Å²) in [7, 11) is 5.23. The SMILES string of the molecule is CCCCCCCCCCC(CCCCCCCC)(CCNCc1ccccc1)C(OC)(OC)OC. The summed E-state index contributed by atoms with van der Waals surface area (Å²) >= 11 is 0. The molecule has 36 heavy (non-hydrogen) atoms. The van der Waals surface area contributed by atoms with Crippen LogP contribution in [0.1, 0.15) is 129 Å². The van der Waals surface area contributed by atoms with Crippen LogP contribution >= 0.6 is 0 Å². The van der Waals surface area contributed by atoms with E-state index in [1.54, 1.807) is 21.3 Å². The van der Waals surface area contributed by atoms with Crippen molar-refractivity contribution in [2.75, 3.05) is 27.9 Å². The maximum atomic E-state index is 6.06. The molecule has 0 aliphatic carbocycles. The highest BCUT2D eigenvalue weighted by Gasteiger charge is 2.52. The van der Waals surface area contributed by atoms with Crippen LogP contribution in [0.25, 0.3) is 0 Å². The molecule has 1 atom stereocenters. The first kappa shape index (κ1) is 33.1. The number of nitrogens with one attached hydrogen (secondary N) is 1.